The van der Waals surface area contributed by atoms with Gasteiger partial charge >= 0.3 is 0 Å². The number of imide groups is 1. The van der Waals surface area contributed by atoms with E-state index in [0.717, 1.165) is 17.5 Å². The zero-order valence-corrected chi connectivity index (χ0v) is 12.5. The van der Waals surface area contributed by atoms with Crippen LogP contribution in [0.4, 0.5) is 0 Å². The van der Waals surface area contributed by atoms with Gasteiger partial charge in [0.05, 0.1) is 23.3 Å². The predicted molar refractivity (Wildman–Crippen MR) is 76.8 cm³/mol. The van der Waals surface area contributed by atoms with E-state index in [1.54, 1.807) is 6.92 Å². The molecule has 0 bridgehead atoms. The number of fused-ring (bicyclic) bond motifs is 1. The fraction of sp³-hybridized carbons (Fsp3) is 0.500. The number of rotatable bonds is 4. The first kappa shape index (κ1) is 14.7. The number of hydrogen-bond donors (Lipinski definition) is 1. The maximum atomic E-state index is 12.5. The molecule has 0 fully saturated rings. The van der Waals surface area contributed by atoms with Crippen molar-refractivity contribution in [1.29, 1.82) is 0 Å². The van der Waals surface area contributed by atoms with E-state index in [9.17, 15) is 14.7 Å². The van der Waals surface area contributed by atoms with Crippen LogP contribution in [0.2, 0.25) is 0 Å². The molecule has 1 aromatic carbocycles. The third-order valence-corrected chi connectivity index (χ3v) is 3.83. The molecule has 0 aliphatic carbocycles. The average Bonchev–Trinajstić information content (AvgIpc) is 2.59. The molecule has 1 atom stereocenters. The first-order valence-electron chi connectivity index (χ1n) is 6.97. The normalized spacial score (nSPS) is 17.4. The Balaban J connectivity index is 2.38. The summed E-state index contributed by atoms with van der Waals surface area (Å²) in [6.45, 7) is 7.34. The molecule has 1 heterocycles. The lowest BCUT2D eigenvalue weighted by atomic mass is 9.99. The van der Waals surface area contributed by atoms with Crippen LogP contribution in [0.5, 0.6) is 0 Å². The predicted octanol–water partition coefficient (Wildman–Crippen LogP) is 2.45. The van der Waals surface area contributed by atoms with E-state index in [1.165, 1.54) is 4.90 Å². The summed E-state index contributed by atoms with van der Waals surface area (Å²) in [6.07, 6.45) is 1.35. The quantitative estimate of drug-likeness (QED) is 0.859. The largest absolute Gasteiger partial charge is 0.388 e. The summed E-state index contributed by atoms with van der Waals surface area (Å²) in [5.74, 6) is -0.579. The molecule has 20 heavy (non-hydrogen) atoms. The number of benzene rings is 1. The van der Waals surface area contributed by atoms with Gasteiger partial charge in [0.2, 0.25) is 0 Å². The van der Waals surface area contributed by atoms with E-state index >= 15 is 0 Å². The van der Waals surface area contributed by atoms with Crippen molar-refractivity contribution in [2.45, 2.75) is 46.1 Å². The van der Waals surface area contributed by atoms with Crippen molar-refractivity contribution in [2.75, 3.05) is 6.54 Å². The van der Waals surface area contributed by atoms with E-state index in [-0.39, 0.29) is 18.4 Å². The number of aliphatic hydroxyl groups is 1. The van der Waals surface area contributed by atoms with Crippen LogP contribution >= 0.6 is 0 Å². The number of amides is 2. The Morgan fingerprint density at radius 2 is 1.55 bits per heavy atom. The van der Waals surface area contributed by atoms with Gasteiger partial charge in [-0.2, -0.15) is 0 Å². The minimum Gasteiger partial charge on any atom is -0.388 e. The summed E-state index contributed by atoms with van der Waals surface area (Å²) in [7, 11) is 0. The highest BCUT2D eigenvalue weighted by Gasteiger charge is 2.40. The molecule has 1 aromatic rings. The van der Waals surface area contributed by atoms with Crippen molar-refractivity contribution in [1.82, 2.24) is 4.90 Å². The summed E-state index contributed by atoms with van der Waals surface area (Å²) < 4.78 is 0. The molecule has 2 rings (SSSR count). The van der Waals surface area contributed by atoms with Crippen LogP contribution in [-0.2, 0) is 0 Å². The van der Waals surface area contributed by atoms with Gasteiger partial charge in [0.1, 0.15) is 0 Å². The van der Waals surface area contributed by atoms with E-state index in [1.807, 2.05) is 32.9 Å². The van der Waals surface area contributed by atoms with Crippen molar-refractivity contribution in [3.05, 3.63) is 34.4 Å². The van der Waals surface area contributed by atoms with Gasteiger partial charge in [-0.3, -0.25) is 14.5 Å². The first-order valence-corrected chi connectivity index (χ1v) is 6.97. The minimum absolute atomic E-state index is 0.0477. The summed E-state index contributed by atoms with van der Waals surface area (Å²) in [6, 6.07) is 3.71. The average molecular weight is 275 g/mol. The Labute approximate surface area is 119 Å². The standard InChI is InChI=1S/C16H21NO3/c1-5-8-16(4,20)9-17-14(18)12-10(2)6-7-11(3)13(12)15(17)19/h6-7,20H,5,8-9H2,1-4H3. The highest BCUT2D eigenvalue weighted by Crippen LogP contribution is 2.30. The van der Waals surface area contributed by atoms with Crippen molar-refractivity contribution in [3.8, 4) is 0 Å². The molecular formula is C16H21NO3. The van der Waals surface area contributed by atoms with Crippen LogP contribution in [0, 0.1) is 13.8 Å². The molecule has 1 aliphatic heterocycles. The summed E-state index contributed by atoms with van der Waals surface area (Å²) in [5.41, 5.74) is 1.55. The summed E-state index contributed by atoms with van der Waals surface area (Å²) >= 11 is 0. The molecule has 1 N–H and O–H groups in total. The van der Waals surface area contributed by atoms with Crippen LogP contribution in [0.25, 0.3) is 0 Å². The van der Waals surface area contributed by atoms with E-state index < -0.39 is 5.60 Å². The molecule has 0 saturated carbocycles. The van der Waals surface area contributed by atoms with E-state index in [0.29, 0.717) is 17.5 Å². The Kier molecular flexibility index (Phi) is 3.69. The number of carbonyl (C=O) groups excluding carboxylic acids is 2. The number of nitrogens with zero attached hydrogens (tertiary/aromatic N) is 1. The number of aryl methyl sites for hydroxylation is 2. The van der Waals surface area contributed by atoms with Crippen molar-refractivity contribution in [2.24, 2.45) is 0 Å². The van der Waals surface area contributed by atoms with Gasteiger partial charge in [-0.05, 0) is 38.3 Å². The molecule has 0 aromatic heterocycles. The van der Waals surface area contributed by atoms with Crippen LogP contribution < -0.4 is 0 Å². The maximum Gasteiger partial charge on any atom is 0.261 e. The lowest BCUT2D eigenvalue weighted by Crippen LogP contribution is -2.43. The molecular weight excluding hydrogens is 254 g/mol. The number of hydrogen-bond acceptors (Lipinski definition) is 3. The van der Waals surface area contributed by atoms with Gasteiger partial charge in [-0.1, -0.05) is 25.5 Å². The molecule has 2 amide bonds. The van der Waals surface area contributed by atoms with Crippen LogP contribution in [0.3, 0.4) is 0 Å². The van der Waals surface area contributed by atoms with Crippen molar-refractivity contribution < 1.29 is 14.7 Å². The zero-order valence-electron chi connectivity index (χ0n) is 12.5. The van der Waals surface area contributed by atoms with Gasteiger partial charge in [0, 0.05) is 0 Å². The lowest BCUT2D eigenvalue weighted by Gasteiger charge is -2.27. The Morgan fingerprint density at radius 3 is 1.95 bits per heavy atom. The fourth-order valence-electron chi connectivity index (χ4n) is 2.83. The SMILES string of the molecule is CCCC(C)(O)CN1C(=O)c2c(C)ccc(C)c2C1=O. The highest BCUT2D eigenvalue weighted by molar-refractivity contribution is 6.22. The Morgan fingerprint density at radius 1 is 1.10 bits per heavy atom. The summed E-state index contributed by atoms with van der Waals surface area (Å²) in [4.78, 5) is 26.1. The topological polar surface area (TPSA) is 57.6 Å². The smallest absolute Gasteiger partial charge is 0.261 e. The van der Waals surface area contributed by atoms with Gasteiger partial charge in [-0.25, -0.2) is 0 Å². The van der Waals surface area contributed by atoms with Crippen LogP contribution in [0.15, 0.2) is 12.1 Å². The molecule has 108 valence electrons. The zero-order chi connectivity index (χ0) is 15.1. The van der Waals surface area contributed by atoms with Gasteiger partial charge in [0.25, 0.3) is 11.8 Å². The molecule has 0 saturated heterocycles. The number of carbonyl (C=O) groups is 2. The second kappa shape index (κ2) is 5.02. The van der Waals surface area contributed by atoms with Crippen LogP contribution in [0.1, 0.15) is 58.5 Å². The lowest BCUT2D eigenvalue weighted by molar-refractivity contribution is 0.0140. The van der Waals surface area contributed by atoms with E-state index in [2.05, 4.69) is 0 Å². The minimum atomic E-state index is -1.04. The molecule has 4 nitrogen and oxygen atoms in total. The van der Waals surface area contributed by atoms with Gasteiger partial charge in [-0.15, -0.1) is 0 Å². The van der Waals surface area contributed by atoms with Gasteiger partial charge < -0.3 is 5.11 Å². The highest BCUT2D eigenvalue weighted by atomic mass is 16.3. The third kappa shape index (κ3) is 2.36. The molecule has 1 unspecified atom stereocenters. The monoisotopic (exact) mass is 275 g/mol. The Hall–Kier alpha value is -1.68. The van der Waals surface area contributed by atoms with Crippen molar-refractivity contribution >= 4 is 11.8 Å². The fourth-order valence-corrected chi connectivity index (χ4v) is 2.83. The molecule has 4 heteroatoms. The molecule has 0 radical (unpaired) electrons. The second-order valence-electron chi connectivity index (χ2n) is 5.89. The second-order valence-corrected chi connectivity index (χ2v) is 5.89. The van der Waals surface area contributed by atoms with E-state index in [4.69, 9.17) is 0 Å². The third-order valence-electron chi connectivity index (χ3n) is 3.83. The van der Waals surface area contributed by atoms with Crippen molar-refractivity contribution in [3.63, 3.8) is 0 Å². The first-order chi connectivity index (χ1) is 9.28. The van der Waals surface area contributed by atoms with Crippen LogP contribution in [-0.4, -0.2) is 34.0 Å². The Bertz CT molecular complexity index is 534. The number of β-amino-alcohol motifs (C(OH)–C–C–N with tert-alkyl or cyclic N) is 1. The summed E-state index contributed by atoms with van der Waals surface area (Å²) in [5, 5.41) is 10.3. The van der Waals surface area contributed by atoms with Gasteiger partial charge in [0.15, 0.2) is 0 Å². The molecule has 0 spiro atoms. The maximum absolute atomic E-state index is 12.5. The molecule has 1 aliphatic rings.